The van der Waals surface area contributed by atoms with Crippen molar-refractivity contribution in [2.24, 2.45) is 5.10 Å². The van der Waals surface area contributed by atoms with E-state index in [1.165, 1.54) is 11.0 Å². The summed E-state index contributed by atoms with van der Waals surface area (Å²) in [6.07, 6.45) is 5.22. The molecule has 6 nitrogen and oxygen atoms in total. The summed E-state index contributed by atoms with van der Waals surface area (Å²) in [5.74, 6) is 0. The van der Waals surface area contributed by atoms with Crippen molar-refractivity contribution in [1.82, 2.24) is 24.7 Å². The van der Waals surface area contributed by atoms with E-state index >= 15 is 0 Å². The van der Waals surface area contributed by atoms with Crippen LogP contribution in [0.25, 0.3) is 16.9 Å². The van der Waals surface area contributed by atoms with Gasteiger partial charge in [0.1, 0.15) is 12.0 Å². The minimum atomic E-state index is 0.438. The zero-order chi connectivity index (χ0) is 17.1. The molecule has 122 valence electrons. The molecule has 0 unspecified atom stereocenters. The van der Waals surface area contributed by atoms with E-state index in [0.717, 1.165) is 22.5 Å². The van der Waals surface area contributed by atoms with E-state index in [2.05, 4.69) is 15.3 Å². The molecule has 4 rings (SSSR count). The fourth-order valence-corrected chi connectivity index (χ4v) is 2.61. The Morgan fingerprint density at radius 1 is 1.00 bits per heavy atom. The van der Waals surface area contributed by atoms with Crippen molar-refractivity contribution in [2.75, 3.05) is 0 Å². The maximum absolute atomic E-state index is 5.12. The Hall–Kier alpha value is -3.32. The number of benzene rings is 2. The minimum absolute atomic E-state index is 0.438. The van der Waals surface area contributed by atoms with Gasteiger partial charge in [-0.25, -0.2) is 4.68 Å². The second-order valence-electron chi connectivity index (χ2n) is 5.33. The van der Waals surface area contributed by atoms with Gasteiger partial charge in [-0.3, -0.25) is 5.10 Å². The monoisotopic (exact) mass is 346 g/mol. The fraction of sp³-hybridized carbons (Fsp3) is 0. The van der Waals surface area contributed by atoms with E-state index in [1.807, 2.05) is 71.5 Å². The van der Waals surface area contributed by atoms with Gasteiger partial charge in [0.25, 0.3) is 0 Å². The van der Waals surface area contributed by atoms with Crippen LogP contribution < -0.4 is 0 Å². The highest BCUT2D eigenvalue weighted by atomic mass is 32.1. The highest BCUT2D eigenvalue weighted by Gasteiger charge is 2.10. The minimum Gasteiger partial charge on any atom is -0.250 e. The van der Waals surface area contributed by atoms with Gasteiger partial charge in [0.15, 0.2) is 0 Å². The van der Waals surface area contributed by atoms with Crippen molar-refractivity contribution in [2.45, 2.75) is 0 Å². The predicted molar refractivity (Wildman–Crippen MR) is 99.4 cm³/mol. The Kier molecular flexibility index (Phi) is 4.05. The lowest BCUT2D eigenvalue weighted by molar-refractivity contribution is 0.862. The number of hydrogen-bond acceptors (Lipinski definition) is 4. The molecule has 0 radical (unpaired) electrons. The highest BCUT2D eigenvalue weighted by molar-refractivity contribution is 7.71. The van der Waals surface area contributed by atoms with E-state index < -0.39 is 0 Å². The highest BCUT2D eigenvalue weighted by Crippen LogP contribution is 2.22. The van der Waals surface area contributed by atoms with E-state index in [0.29, 0.717) is 4.77 Å². The van der Waals surface area contributed by atoms with Crippen LogP contribution in [0.3, 0.4) is 0 Å². The van der Waals surface area contributed by atoms with Gasteiger partial charge in [0, 0.05) is 17.3 Å². The molecule has 0 atom stereocenters. The Morgan fingerprint density at radius 3 is 2.40 bits per heavy atom. The molecule has 0 saturated carbocycles. The second kappa shape index (κ2) is 6.66. The molecule has 4 aromatic rings. The molecule has 0 aliphatic rings. The van der Waals surface area contributed by atoms with Crippen LogP contribution in [-0.4, -0.2) is 30.9 Å². The lowest BCUT2D eigenvalue weighted by Gasteiger charge is -2.00. The van der Waals surface area contributed by atoms with Gasteiger partial charge in [0.05, 0.1) is 11.9 Å². The molecule has 0 saturated heterocycles. The third kappa shape index (κ3) is 3.17. The van der Waals surface area contributed by atoms with E-state index in [4.69, 9.17) is 17.3 Å². The smallest absolute Gasteiger partial charge is 0.216 e. The number of aromatic nitrogens is 5. The molecule has 0 fully saturated rings. The predicted octanol–water partition coefficient (Wildman–Crippen LogP) is 3.68. The van der Waals surface area contributed by atoms with E-state index in [1.54, 1.807) is 6.21 Å². The van der Waals surface area contributed by atoms with Crippen LogP contribution in [0.1, 0.15) is 5.56 Å². The largest absolute Gasteiger partial charge is 0.250 e. The Labute approximate surface area is 149 Å². The Balaban J connectivity index is 1.81. The molecule has 0 amide bonds. The average molecular weight is 346 g/mol. The topological polar surface area (TPSA) is 63.8 Å². The molecule has 2 aromatic carbocycles. The third-order valence-corrected chi connectivity index (χ3v) is 3.95. The summed E-state index contributed by atoms with van der Waals surface area (Å²) >= 11 is 5.12. The van der Waals surface area contributed by atoms with Gasteiger partial charge in [-0.2, -0.15) is 20.0 Å². The number of hydrogen-bond donors (Lipinski definition) is 1. The molecule has 25 heavy (non-hydrogen) atoms. The molecule has 0 bridgehead atoms. The zero-order valence-corrected chi connectivity index (χ0v) is 14.0. The van der Waals surface area contributed by atoms with Gasteiger partial charge in [0.2, 0.25) is 4.77 Å². The number of nitrogens with one attached hydrogen (secondary N) is 1. The van der Waals surface area contributed by atoms with Crippen molar-refractivity contribution in [3.8, 4) is 16.9 Å². The normalized spacial score (nSPS) is 11.2. The number of aromatic amines is 1. The SMILES string of the molecule is S=c1[nH]ncn1/N=C/c1cn(-c2ccccc2)nc1-c1ccccc1. The van der Waals surface area contributed by atoms with Crippen LogP contribution in [0.4, 0.5) is 0 Å². The summed E-state index contributed by atoms with van der Waals surface area (Å²) in [5, 5.41) is 15.7. The molecular formula is C18H14N6S. The molecule has 2 heterocycles. The van der Waals surface area contributed by atoms with Crippen molar-refractivity contribution < 1.29 is 0 Å². The van der Waals surface area contributed by atoms with Crippen LogP contribution in [0.2, 0.25) is 0 Å². The molecule has 0 spiro atoms. The van der Waals surface area contributed by atoms with Crippen molar-refractivity contribution in [1.29, 1.82) is 0 Å². The first-order valence-electron chi connectivity index (χ1n) is 7.68. The van der Waals surface area contributed by atoms with Gasteiger partial charge in [-0.05, 0) is 24.4 Å². The molecule has 2 aromatic heterocycles. The van der Waals surface area contributed by atoms with E-state index in [-0.39, 0.29) is 0 Å². The Bertz CT molecular complexity index is 1060. The van der Waals surface area contributed by atoms with E-state index in [9.17, 15) is 0 Å². The summed E-state index contributed by atoms with van der Waals surface area (Å²) in [5.41, 5.74) is 3.75. The first kappa shape index (κ1) is 15.2. The third-order valence-electron chi connectivity index (χ3n) is 3.67. The van der Waals surface area contributed by atoms with Crippen molar-refractivity contribution in [3.63, 3.8) is 0 Å². The lowest BCUT2D eigenvalue weighted by atomic mass is 10.1. The number of nitrogens with zero attached hydrogens (tertiary/aromatic N) is 5. The van der Waals surface area contributed by atoms with Gasteiger partial charge in [-0.15, -0.1) is 0 Å². The number of para-hydroxylation sites is 1. The summed E-state index contributed by atoms with van der Waals surface area (Å²) in [6.45, 7) is 0. The standard InChI is InChI=1S/C18H14N6S/c25-18-21-19-13-24(18)20-11-15-12-23(16-9-5-2-6-10-16)22-17(15)14-7-3-1-4-8-14/h1-13H,(H,21,25)/b20-11+. The van der Waals surface area contributed by atoms with Crippen molar-refractivity contribution >= 4 is 18.4 Å². The first-order valence-corrected chi connectivity index (χ1v) is 8.09. The van der Waals surface area contributed by atoms with Crippen LogP contribution in [-0.2, 0) is 0 Å². The first-order chi connectivity index (χ1) is 12.3. The summed E-state index contributed by atoms with van der Waals surface area (Å²) in [4.78, 5) is 0. The molecule has 7 heteroatoms. The second-order valence-corrected chi connectivity index (χ2v) is 5.72. The van der Waals surface area contributed by atoms with Gasteiger partial charge < -0.3 is 0 Å². The summed E-state index contributed by atoms with van der Waals surface area (Å²) in [7, 11) is 0. The average Bonchev–Trinajstić information content (AvgIpc) is 3.27. The quantitative estimate of drug-likeness (QED) is 0.453. The summed E-state index contributed by atoms with van der Waals surface area (Å²) < 4.78 is 3.79. The van der Waals surface area contributed by atoms with Crippen LogP contribution in [0.15, 0.2) is 78.3 Å². The Morgan fingerprint density at radius 2 is 1.72 bits per heavy atom. The fourth-order valence-electron chi connectivity index (χ4n) is 2.46. The number of H-pyrrole nitrogens is 1. The zero-order valence-electron chi connectivity index (χ0n) is 13.1. The van der Waals surface area contributed by atoms with Crippen molar-refractivity contribution in [3.05, 3.63) is 83.5 Å². The molecule has 0 aliphatic heterocycles. The molecular weight excluding hydrogens is 332 g/mol. The molecule has 1 N–H and O–H groups in total. The number of rotatable bonds is 4. The van der Waals surface area contributed by atoms with Gasteiger partial charge >= 0.3 is 0 Å². The maximum atomic E-state index is 5.12. The van der Waals surface area contributed by atoms with Crippen LogP contribution in [0, 0.1) is 4.77 Å². The molecule has 0 aliphatic carbocycles. The maximum Gasteiger partial charge on any atom is 0.216 e. The lowest BCUT2D eigenvalue weighted by Crippen LogP contribution is -1.93. The van der Waals surface area contributed by atoms with Crippen LogP contribution >= 0.6 is 12.2 Å². The van der Waals surface area contributed by atoms with Crippen LogP contribution in [0.5, 0.6) is 0 Å². The van der Waals surface area contributed by atoms with Gasteiger partial charge in [-0.1, -0.05) is 48.5 Å². The summed E-state index contributed by atoms with van der Waals surface area (Å²) in [6, 6.07) is 20.0.